The summed E-state index contributed by atoms with van der Waals surface area (Å²) in [5.74, 6) is 0.307. The zero-order valence-electron chi connectivity index (χ0n) is 12.6. The van der Waals surface area contributed by atoms with Crippen molar-refractivity contribution in [2.24, 2.45) is 0 Å². The lowest BCUT2D eigenvalue weighted by atomic mass is 10.3. The van der Waals surface area contributed by atoms with Gasteiger partial charge in [0, 0.05) is 25.0 Å². The molecule has 0 bridgehead atoms. The average molecular weight is 315 g/mol. The molecule has 0 unspecified atom stereocenters. The first-order valence-electron chi connectivity index (χ1n) is 7.58. The third kappa shape index (κ3) is 4.15. The number of amides is 2. The lowest BCUT2D eigenvalue weighted by Crippen LogP contribution is -2.29. The molecule has 1 aromatic heterocycles. The second kappa shape index (κ2) is 7.04. The highest BCUT2D eigenvalue weighted by Crippen LogP contribution is 2.15. The minimum atomic E-state index is -0.406. The number of benzene rings is 1. The minimum absolute atomic E-state index is 0.282. The molecule has 0 saturated carbocycles. The second-order valence-electron chi connectivity index (χ2n) is 5.36. The lowest BCUT2D eigenvalue weighted by Gasteiger charge is -2.15. The number of hydrogen-bond acceptors (Lipinski definition) is 4. The molecule has 2 heterocycles. The Bertz CT molecular complexity index is 688. The van der Waals surface area contributed by atoms with Crippen molar-refractivity contribution in [2.75, 3.05) is 23.3 Å². The van der Waals surface area contributed by atoms with Crippen LogP contribution in [0, 0.1) is 5.82 Å². The van der Waals surface area contributed by atoms with Crippen LogP contribution in [0.5, 0.6) is 0 Å². The van der Waals surface area contributed by atoms with Crippen LogP contribution in [0.15, 0.2) is 36.5 Å². The van der Waals surface area contributed by atoms with E-state index in [-0.39, 0.29) is 6.54 Å². The number of nitrogens with one attached hydrogen (secondary N) is 2. The second-order valence-corrected chi connectivity index (χ2v) is 5.36. The maximum atomic E-state index is 13.1. The smallest absolute Gasteiger partial charge is 0.319 e. The number of nitrogens with zero attached hydrogens (tertiary/aromatic N) is 3. The average Bonchev–Trinajstić information content (AvgIpc) is 3.08. The van der Waals surface area contributed by atoms with Crippen molar-refractivity contribution < 1.29 is 9.18 Å². The van der Waals surface area contributed by atoms with Crippen LogP contribution in [0.25, 0.3) is 0 Å². The Morgan fingerprint density at radius 1 is 1.26 bits per heavy atom. The summed E-state index contributed by atoms with van der Waals surface area (Å²) in [5.41, 5.74) is 1.14. The predicted molar refractivity (Wildman–Crippen MR) is 85.7 cm³/mol. The SMILES string of the molecule is O=C(NCc1ccnc(N2CCCC2)n1)Nc1cccc(F)c1. The summed E-state index contributed by atoms with van der Waals surface area (Å²) in [6, 6.07) is 7.11. The van der Waals surface area contributed by atoms with Crippen molar-refractivity contribution in [3.05, 3.63) is 48.0 Å². The Balaban J connectivity index is 1.55. The van der Waals surface area contributed by atoms with Crippen molar-refractivity contribution in [3.8, 4) is 0 Å². The van der Waals surface area contributed by atoms with E-state index in [9.17, 15) is 9.18 Å². The van der Waals surface area contributed by atoms with Crippen LogP contribution in [-0.4, -0.2) is 29.1 Å². The molecule has 1 aliphatic heterocycles. The van der Waals surface area contributed by atoms with E-state index in [2.05, 4.69) is 25.5 Å². The first kappa shape index (κ1) is 15.2. The summed E-state index contributed by atoms with van der Waals surface area (Å²) >= 11 is 0. The molecule has 1 fully saturated rings. The van der Waals surface area contributed by atoms with Crippen molar-refractivity contribution in [3.63, 3.8) is 0 Å². The van der Waals surface area contributed by atoms with Gasteiger partial charge in [-0.3, -0.25) is 0 Å². The highest BCUT2D eigenvalue weighted by Gasteiger charge is 2.15. The quantitative estimate of drug-likeness (QED) is 0.909. The van der Waals surface area contributed by atoms with Gasteiger partial charge in [0.05, 0.1) is 12.2 Å². The van der Waals surface area contributed by atoms with Crippen LogP contribution < -0.4 is 15.5 Å². The first-order chi connectivity index (χ1) is 11.2. The molecule has 1 saturated heterocycles. The van der Waals surface area contributed by atoms with Crippen molar-refractivity contribution in [1.29, 1.82) is 0 Å². The number of aromatic nitrogens is 2. The molecule has 2 aromatic rings. The summed E-state index contributed by atoms with van der Waals surface area (Å²) in [4.78, 5) is 22.7. The standard InChI is InChI=1S/C16H18FN5O/c17-12-4-3-5-13(10-12)21-16(23)19-11-14-6-7-18-15(20-14)22-8-1-2-9-22/h3-7,10H,1-2,8-9,11H2,(H2,19,21,23). The Morgan fingerprint density at radius 2 is 2.09 bits per heavy atom. The maximum Gasteiger partial charge on any atom is 0.319 e. The van der Waals surface area contributed by atoms with Crippen LogP contribution in [-0.2, 0) is 6.54 Å². The summed E-state index contributed by atoms with van der Waals surface area (Å²) < 4.78 is 13.1. The molecule has 0 atom stereocenters. The van der Waals surface area contributed by atoms with Crippen molar-refractivity contribution in [2.45, 2.75) is 19.4 Å². The van der Waals surface area contributed by atoms with E-state index in [0.717, 1.165) is 31.6 Å². The number of hydrogen-bond donors (Lipinski definition) is 2. The topological polar surface area (TPSA) is 70.2 Å². The fraction of sp³-hybridized carbons (Fsp3) is 0.312. The maximum absolute atomic E-state index is 13.1. The van der Waals surface area contributed by atoms with E-state index < -0.39 is 11.8 Å². The van der Waals surface area contributed by atoms with E-state index >= 15 is 0 Å². The molecule has 23 heavy (non-hydrogen) atoms. The first-order valence-corrected chi connectivity index (χ1v) is 7.58. The zero-order valence-corrected chi connectivity index (χ0v) is 12.6. The molecule has 7 heteroatoms. The van der Waals surface area contributed by atoms with Gasteiger partial charge in [-0.15, -0.1) is 0 Å². The van der Waals surface area contributed by atoms with Gasteiger partial charge in [-0.1, -0.05) is 6.07 Å². The molecule has 2 amide bonds. The molecule has 0 spiro atoms. The van der Waals surface area contributed by atoms with E-state index in [1.54, 1.807) is 18.3 Å². The van der Waals surface area contributed by atoms with E-state index in [1.807, 2.05) is 0 Å². The van der Waals surface area contributed by atoms with Crippen LogP contribution in [0.2, 0.25) is 0 Å². The van der Waals surface area contributed by atoms with Crippen molar-refractivity contribution in [1.82, 2.24) is 15.3 Å². The molecule has 1 aromatic carbocycles. The van der Waals surface area contributed by atoms with Gasteiger partial charge in [0.15, 0.2) is 0 Å². The Labute approximate surface area is 133 Å². The number of urea groups is 1. The minimum Gasteiger partial charge on any atom is -0.341 e. The largest absolute Gasteiger partial charge is 0.341 e. The summed E-state index contributed by atoms with van der Waals surface area (Å²) in [5, 5.41) is 5.28. The third-order valence-electron chi connectivity index (χ3n) is 3.60. The molecule has 6 nitrogen and oxygen atoms in total. The van der Waals surface area contributed by atoms with Crippen LogP contribution in [0.4, 0.5) is 20.8 Å². The third-order valence-corrected chi connectivity index (χ3v) is 3.60. The molecule has 2 N–H and O–H groups in total. The molecule has 120 valence electrons. The summed E-state index contributed by atoms with van der Waals surface area (Å²) in [7, 11) is 0. The number of carbonyl (C=O) groups is 1. The Hall–Kier alpha value is -2.70. The number of carbonyl (C=O) groups excluding carboxylic acids is 1. The molecular formula is C16H18FN5O. The molecular weight excluding hydrogens is 297 g/mol. The van der Waals surface area contributed by atoms with E-state index in [0.29, 0.717) is 11.6 Å². The van der Waals surface area contributed by atoms with E-state index in [4.69, 9.17) is 0 Å². The lowest BCUT2D eigenvalue weighted by molar-refractivity contribution is 0.251. The summed E-state index contributed by atoms with van der Waals surface area (Å²) in [6.45, 7) is 2.22. The van der Waals surface area contributed by atoms with E-state index in [1.165, 1.54) is 18.2 Å². The molecule has 1 aliphatic rings. The molecule has 0 aliphatic carbocycles. The van der Waals surface area contributed by atoms with Gasteiger partial charge in [0.2, 0.25) is 5.95 Å². The highest BCUT2D eigenvalue weighted by atomic mass is 19.1. The van der Waals surface area contributed by atoms with Crippen LogP contribution in [0.3, 0.4) is 0 Å². The number of halogens is 1. The number of rotatable bonds is 4. The van der Waals surface area contributed by atoms with Gasteiger partial charge in [0.1, 0.15) is 5.82 Å². The predicted octanol–water partition coefficient (Wildman–Crippen LogP) is 2.54. The van der Waals surface area contributed by atoms with Gasteiger partial charge in [-0.2, -0.15) is 0 Å². The van der Waals surface area contributed by atoms with Gasteiger partial charge in [-0.25, -0.2) is 19.2 Å². The molecule has 0 radical (unpaired) electrons. The highest BCUT2D eigenvalue weighted by molar-refractivity contribution is 5.89. The fourth-order valence-electron chi connectivity index (χ4n) is 2.46. The van der Waals surface area contributed by atoms with Crippen LogP contribution >= 0.6 is 0 Å². The Kier molecular flexibility index (Phi) is 4.65. The van der Waals surface area contributed by atoms with Crippen molar-refractivity contribution >= 4 is 17.7 Å². The fourth-order valence-corrected chi connectivity index (χ4v) is 2.46. The van der Waals surface area contributed by atoms with Gasteiger partial charge in [-0.05, 0) is 37.1 Å². The van der Waals surface area contributed by atoms with Gasteiger partial charge in [0.25, 0.3) is 0 Å². The Morgan fingerprint density at radius 3 is 2.87 bits per heavy atom. The van der Waals surface area contributed by atoms with Gasteiger partial charge < -0.3 is 15.5 Å². The zero-order chi connectivity index (χ0) is 16.1. The normalized spacial score (nSPS) is 13.9. The number of anilines is 2. The molecule has 3 rings (SSSR count). The van der Waals surface area contributed by atoms with Crippen LogP contribution in [0.1, 0.15) is 18.5 Å². The monoisotopic (exact) mass is 315 g/mol. The summed E-state index contributed by atoms with van der Waals surface area (Å²) in [6.07, 6.45) is 4.01. The van der Waals surface area contributed by atoms with Gasteiger partial charge >= 0.3 is 6.03 Å².